The first kappa shape index (κ1) is 24.0. The van der Waals surface area contributed by atoms with E-state index < -0.39 is 0 Å². The normalized spacial score (nSPS) is 26.8. The third kappa shape index (κ3) is 5.76. The quantitative estimate of drug-likeness (QED) is 0.794. The first-order valence-electron chi connectivity index (χ1n) is 9.19. The molecule has 0 spiro atoms. The zero-order valence-corrected chi connectivity index (χ0v) is 17.3. The molecule has 1 aliphatic carbocycles. The molecule has 0 radical (unpaired) electrons. The van der Waals surface area contributed by atoms with Crippen LogP contribution in [-0.2, 0) is 4.79 Å². The van der Waals surface area contributed by atoms with Gasteiger partial charge in [-0.1, -0.05) is 33.1 Å². The molecule has 2 N–H and O–H groups in total. The summed E-state index contributed by atoms with van der Waals surface area (Å²) < 4.78 is 0. The number of carbonyl (C=O) groups is 1. The third-order valence-electron chi connectivity index (χ3n) is 6.16. The van der Waals surface area contributed by atoms with Crippen LogP contribution in [0.1, 0.15) is 58.8 Å². The molecule has 2 rings (SSSR count). The SMILES string of the molecule is CCN1CCC(N(C)C(=O)CC2(CN)CCCCC2)C(C)C1.Cl.Cl. The highest BCUT2D eigenvalue weighted by Gasteiger charge is 2.36. The van der Waals surface area contributed by atoms with Crippen molar-refractivity contribution in [1.82, 2.24) is 9.80 Å². The Morgan fingerprint density at radius 3 is 2.38 bits per heavy atom. The van der Waals surface area contributed by atoms with Crippen LogP contribution in [0.4, 0.5) is 0 Å². The van der Waals surface area contributed by atoms with Crippen LogP contribution in [0.3, 0.4) is 0 Å². The van der Waals surface area contributed by atoms with Gasteiger partial charge in [-0.3, -0.25) is 4.79 Å². The molecule has 0 aromatic carbocycles. The van der Waals surface area contributed by atoms with E-state index in [0.717, 1.165) is 38.9 Å². The third-order valence-corrected chi connectivity index (χ3v) is 6.16. The number of hydrogen-bond acceptors (Lipinski definition) is 3. The number of piperidine rings is 1. The molecule has 2 unspecified atom stereocenters. The van der Waals surface area contributed by atoms with Crippen molar-refractivity contribution in [2.75, 3.05) is 33.2 Å². The largest absolute Gasteiger partial charge is 0.342 e. The molecule has 144 valence electrons. The van der Waals surface area contributed by atoms with Gasteiger partial charge in [-0.05, 0) is 43.7 Å². The maximum atomic E-state index is 12.8. The van der Waals surface area contributed by atoms with Crippen molar-refractivity contribution < 1.29 is 4.79 Å². The number of amides is 1. The fourth-order valence-corrected chi connectivity index (χ4v) is 4.47. The van der Waals surface area contributed by atoms with Crippen LogP contribution < -0.4 is 5.73 Å². The van der Waals surface area contributed by atoms with E-state index in [1.807, 2.05) is 11.9 Å². The monoisotopic (exact) mass is 381 g/mol. The summed E-state index contributed by atoms with van der Waals surface area (Å²) in [5.74, 6) is 0.872. The van der Waals surface area contributed by atoms with Crippen molar-refractivity contribution in [1.29, 1.82) is 0 Å². The second kappa shape index (κ2) is 10.8. The highest BCUT2D eigenvalue weighted by atomic mass is 35.5. The number of likely N-dealkylation sites (tertiary alicyclic amines) is 1. The van der Waals surface area contributed by atoms with Crippen LogP contribution in [-0.4, -0.2) is 55.0 Å². The zero-order chi connectivity index (χ0) is 16.2. The van der Waals surface area contributed by atoms with E-state index in [1.165, 1.54) is 19.3 Å². The lowest BCUT2D eigenvalue weighted by Gasteiger charge is -2.43. The van der Waals surface area contributed by atoms with Gasteiger partial charge in [-0.15, -0.1) is 24.8 Å². The maximum absolute atomic E-state index is 12.8. The average Bonchev–Trinajstić information content (AvgIpc) is 2.54. The second-order valence-electron chi connectivity index (χ2n) is 7.67. The van der Waals surface area contributed by atoms with Crippen LogP contribution in [0, 0.1) is 11.3 Å². The number of nitrogens with two attached hydrogens (primary N) is 1. The minimum atomic E-state index is 0. The zero-order valence-electron chi connectivity index (χ0n) is 15.6. The maximum Gasteiger partial charge on any atom is 0.223 e. The lowest BCUT2D eigenvalue weighted by Crippen LogP contribution is -2.51. The number of halogens is 2. The Morgan fingerprint density at radius 1 is 1.25 bits per heavy atom. The molecule has 4 nitrogen and oxygen atoms in total. The Kier molecular flexibility index (Phi) is 10.8. The van der Waals surface area contributed by atoms with Crippen LogP contribution in [0.15, 0.2) is 0 Å². The molecule has 1 saturated heterocycles. The van der Waals surface area contributed by atoms with Crippen molar-refractivity contribution in [3.05, 3.63) is 0 Å². The van der Waals surface area contributed by atoms with Crippen molar-refractivity contribution in [2.45, 2.75) is 64.8 Å². The molecule has 2 fully saturated rings. The van der Waals surface area contributed by atoms with Gasteiger partial charge in [0.2, 0.25) is 5.91 Å². The molecule has 0 aromatic heterocycles. The summed E-state index contributed by atoms with van der Waals surface area (Å²) >= 11 is 0. The number of nitrogens with zero attached hydrogens (tertiary/aromatic N) is 2. The van der Waals surface area contributed by atoms with Gasteiger partial charge >= 0.3 is 0 Å². The molecule has 2 atom stereocenters. The summed E-state index contributed by atoms with van der Waals surface area (Å²) in [6.45, 7) is 8.51. The van der Waals surface area contributed by atoms with Gasteiger partial charge in [0.25, 0.3) is 0 Å². The van der Waals surface area contributed by atoms with Crippen molar-refractivity contribution >= 4 is 30.7 Å². The number of hydrogen-bond donors (Lipinski definition) is 1. The van der Waals surface area contributed by atoms with Crippen LogP contribution in [0.5, 0.6) is 0 Å². The molecule has 1 amide bonds. The summed E-state index contributed by atoms with van der Waals surface area (Å²) in [5.41, 5.74) is 6.13. The van der Waals surface area contributed by atoms with E-state index in [2.05, 4.69) is 18.7 Å². The Balaban J connectivity index is 0.00000264. The smallest absolute Gasteiger partial charge is 0.223 e. The van der Waals surface area contributed by atoms with Gasteiger partial charge in [0.1, 0.15) is 0 Å². The lowest BCUT2D eigenvalue weighted by molar-refractivity contribution is -0.137. The Hall–Kier alpha value is -0.0300. The lowest BCUT2D eigenvalue weighted by atomic mass is 9.71. The van der Waals surface area contributed by atoms with Crippen molar-refractivity contribution in [3.63, 3.8) is 0 Å². The van der Waals surface area contributed by atoms with Gasteiger partial charge in [-0.2, -0.15) is 0 Å². The summed E-state index contributed by atoms with van der Waals surface area (Å²) in [6, 6.07) is 0.397. The Labute approximate surface area is 160 Å². The molecule has 1 heterocycles. The molecular weight excluding hydrogens is 345 g/mol. The molecule has 1 saturated carbocycles. The first-order chi connectivity index (χ1) is 10.5. The van der Waals surface area contributed by atoms with Gasteiger partial charge in [-0.25, -0.2) is 0 Å². The number of rotatable bonds is 5. The summed E-state index contributed by atoms with van der Waals surface area (Å²) in [7, 11) is 2.01. The van der Waals surface area contributed by atoms with Gasteiger partial charge in [0.15, 0.2) is 0 Å². The van der Waals surface area contributed by atoms with E-state index in [0.29, 0.717) is 30.8 Å². The predicted octanol–water partition coefficient (Wildman–Crippen LogP) is 3.32. The highest BCUT2D eigenvalue weighted by Crippen LogP contribution is 2.39. The molecule has 1 aliphatic heterocycles. The fourth-order valence-electron chi connectivity index (χ4n) is 4.47. The van der Waals surface area contributed by atoms with E-state index in [1.54, 1.807) is 0 Å². The Morgan fingerprint density at radius 2 is 1.88 bits per heavy atom. The fraction of sp³-hybridized carbons (Fsp3) is 0.944. The summed E-state index contributed by atoms with van der Waals surface area (Å²) in [5, 5.41) is 0. The molecule has 2 aliphatic rings. The van der Waals surface area contributed by atoms with Crippen molar-refractivity contribution in [3.8, 4) is 0 Å². The molecule has 0 aromatic rings. The Bertz CT molecular complexity index is 375. The topological polar surface area (TPSA) is 49.6 Å². The van der Waals surface area contributed by atoms with Gasteiger partial charge in [0.05, 0.1) is 0 Å². The average molecular weight is 382 g/mol. The van der Waals surface area contributed by atoms with Gasteiger partial charge < -0.3 is 15.5 Å². The minimum absolute atomic E-state index is 0. The van der Waals surface area contributed by atoms with E-state index >= 15 is 0 Å². The standard InChI is InChI=1S/C18H35N3O.2ClH/c1-4-21-11-8-16(15(2)13-21)20(3)17(22)12-18(14-19)9-6-5-7-10-18;;/h15-16H,4-14,19H2,1-3H3;2*1H. The van der Waals surface area contributed by atoms with E-state index in [-0.39, 0.29) is 30.2 Å². The van der Waals surface area contributed by atoms with Crippen LogP contribution in [0.25, 0.3) is 0 Å². The van der Waals surface area contributed by atoms with E-state index in [9.17, 15) is 4.79 Å². The van der Waals surface area contributed by atoms with E-state index in [4.69, 9.17) is 5.73 Å². The molecular formula is C18H37Cl2N3O. The number of carbonyl (C=O) groups excluding carboxylic acids is 1. The predicted molar refractivity (Wildman–Crippen MR) is 106 cm³/mol. The molecule has 6 heteroatoms. The van der Waals surface area contributed by atoms with Gasteiger partial charge in [0, 0.05) is 32.6 Å². The minimum Gasteiger partial charge on any atom is -0.342 e. The summed E-state index contributed by atoms with van der Waals surface area (Å²) in [4.78, 5) is 17.4. The first-order valence-corrected chi connectivity index (χ1v) is 9.19. The molecule has 0 bridgehead atoms. The molecule has 24 heavy (non-hydrogen) atoms. The van der Waals surface area contributed by atoms with Crippen molar-refractivity contribution in [2.24, 2.45) is 17.1 Å². The summed E-state index contributed by atoms with van der Waals surface area (Å²) in [6.07, 6.45) is 7.80. The highest BCUT2D eigenvalue weighted by molar-refractivity contribution is 5.85. The van der Waals surface area contributed by atoms with Crippen LogP contribution in [0.2, 0.25) is 0 Å². The second-order valence-corrected chi connectivity index (χ2v) is 7.67. The van der Waals surface area contributed by atoms with Crippen LogP contribution >= 0.6 is 24.8 Å².